The van der Waals surface area contributed by atoms with Crippen molar-refractivity contribution in [3.63, 3.8) is 0 Å². The van der Waals surface area contributed by atoms with Gasteiger partial charge in [-0.05, 0) is 49.9 Å². The molecule has 0 spiro atoms. The lowest BCUT2D eigenvalue weighted by molar-refractivity contribution is -0.137. The van der Waals surface area contributed by atoms with Crippen LogP contribution >= 0.6 is 0 Å². The van der Waals surface area contributed by atoms with E-state index in [9.17, 15) is 9.90 Å². The predicted molar refractivity (Wildman–Crippen MR) is 99.4 cm³/mol. The lowest BCUT2D eigenvalue weighted by Crippen LogP contribution is -2.27. The van der Waals surface area contributed by atoms with Crippen molar-refractivity contribution in [3.8, 4) is 0 Å². The van der Waals surface area contributed by atoms with Crippen LogP contribution in [-0.2, 0) is 9.53 Å². The van der Waals surface area contributed by atoms with Crippen molar-refractivity contribution >= 4 is 5.97 Å². The number of allylic oxidation sites excluding steroid dienone is 3. The van der Waals surface area contributed by atoms with E-state index in [1.54, 1.807) is 0 Å². The SMILES string of the molecule is CCCCC[C@@H](O)/C=C/[C@@H]1[C@H]2CO[C@H](C2)[C@H]1C/C=C\CCCC(=O)O. The minimum absolute atomic E-state index is 0.239. The van der Waals surface area contributed by atoms with E-state index in [2.05, 4.69) is 25.2 Å². The third-order valence-corrected chi connectivity index (χ3v) is 5.57. The third kappa shape index (κ3) is 6.59. The summed E-state index contributed by atoms with van der Waals surface area (Å²) >= 11 is 0. The van der Waals surface area contributed by atoms with Crippen LogP contribution in [0, 0.1) is 17.8 Å². The van der Waals surface area contributed by atoms with Gasteiger partial charge in [-0.3, -0.25) is 4.79 Å². The highest BCUT2D eigenvalue weighted by Crippen LogP contribution is 2.47. The van der Waals surface area contributed by atoms with Gasteiger partial charge in [-0.2, -0.15) is 0 Å². The second-order valence-electron chi connectivity index (χ2n) is 7.55. The van der Waals surface area contributed by atoms with Crippen LogP contribution in [0.5, 0.6) is 0 Å². The number of hydrogen-bond donors (Lipinski definition) is 2. The number of ether oxygens (including phenoxy) is 1. The van der Waals surface area contributed by atoms with E-state index >= 15 is 0 Å². The number of aliphatic carboxylic acids is 1. The molecule has 1 saturated heterocycles. The summed E-state index contributed by atoms with van der Waals surface area (Å²) in [5.41, 5.74) is 0. The monoisotopic (exact) mass is 350 g/mol. The van der Waals surface area contributed by atoms with Crippen LogP contribution in [0.25, 0.3) is 0 Å². The molecular formula is C21H34O4. The number of carbonyl (C=O) groups is 1. The number of fused-ring (bicyclic) bond motifs is 2. The fourth-order valence-corrected chi connectivity index (χ4v) is 4.15. The average molecular weight is 350 g/mol. The van der Waals surface area contributed by atoms with Crippen molar-refractivity contribution in [2.45, 2.75) is 76.9 Å². The van der Waals surface area contributed by atoms with Gasteiger partial charge >= 0.3 is 5.97 Å². The maximum Gasteiger partial charge on any atom is 0.303 e. The first-order valence-corrected chi connectivity index (χ1v) is 9.96. The van der Waals surface area contributed by atoms with E-state index in [1.807, 2.05) is 6.08 Å². The lowest BCUT2D eigenvalue weighted by Gasteiger charge is -2.28. The second kappa shape index (κ2) is 10.8. The molecule has 25 heavy (non-hydrogen) atoms. The molecule has 1 aliphatic carbocycles. The van der Waals surface area contributed by atoms with Crippen molar-refractivity contribution in [3.05, 3.63) is 24.3 Å². The van der Waals surface area contributed by atoms with Gasteiger partial charge in [-0.25, -0.2) is 0 Å². The zero-order valence-corrected chi connectivity index (χ0v) is 15.5. The van der Waals surface area contributed by atoms with Crippen LogP contribution in [0.15, 0.2) is 24.3 Å². The first kappa shape index (κ1) is 20.2. The fraction of sp³-hybridized carbons (Fsp3) is 0.762. The summed E-state index contributed by atoms with van der Waals surface area (Å²) < 4.78 is 5.88. The van der Waals surface area contributed by atoms with Crippen molar-refractivity contribution in [1.29, 1.82) is 0 Å². The van der Waals surface area contributed by atoms with Crippen LogP contribution in [-0.4, -0.2) is 35.0 Å². The Morgan fingerprint density at radius 2 is 2.12 bits per heavy atom. The number of carboxylic acid groups (broad SMARTS) is 1. The van der Waals surface area contributed by atoms with Crippen LogP contribution in [0.1, 0.15) is 64.7 Å². The molecule has 0 aromatic carbocycles. The number of aliphatic hydroxyl groups excluding tert-OH is 1. The van der Waals surface area contributed by atoms with Crippen molar-refractivity contribution in [2.75, 3.05) is 6.61 Å². The first-order chi connectivity index (χ1) is 12.1. The molecule has 1 saturated carbocycles. The highest BCUT2D eigenvalue weighted by Gasteiger charge is 2.46. The first-order valence-electron chi connectivity index (χ1n) is 9.96. The summed E-state index contributed by atoms with van der Waals surface area (Å²) in [5, 5.41) is 18.8. The summed E-state index contributed by atoms with van der Waals surface area (Å²) in [6.45, 7) is 3.03. The maximum absolute atomic E-state index is 10.5. The topological polar surface area (TPSA) is 66.8 Å². The van der Waals surface area contributed by atoms with Gasteiger partial charge in [-0.15, -0.1) is 0 Å². The number of rotatable bonds is 12. The number of unbranched alkanes of at least 4 members (excludes halogenated alkanes) is 3. The fourth-order valence-electron chi connectivity index (χ4n) is 4.15. The molecular weight excluding hydrogens is 316 g/mol. The Bertz CT molecular complexity index is 457. The minimum atomic E-state index is -0.724. The molecule has 0 aromatic heterocycles. The lowest BCUT2D eigenvalue weighted by atomic mass is 9.85. The Kier molecular flexibility index (Phi) is 8.70. The van der Waals surface area contributed by atoms with E-state index < -0.39 is 5.97 Å². The van der Waals surface area contributed by atoms with Crippen molar-refractivity contribution in [2.24, 2.45) is 17.8 Å². The molecule has 142 valence electrons. The molecule has 2 N–H and O–H groups in total. The van der Waals surface area contributed by atoms with Crippen LogP contribution in [0.3, 0.4) is 0 Å². The Morgan fingerprint density at radius 3 is 2.88 bits per heavy atom. The maximum atomic E-state index is 10.5. The Morgan fingerprint density at radius 1 is 1.28 bits per heavy atom. The smallest absolute Gasteiger partial charge is 0.303 e. The normalized spacial score (nSPS) is 29.8. The van der Waals surface area contributed by atoms with E-state index in [1.165, 1.54) is 12.8 Å². The Labute approximate surface area is 152 Å². The number of hydrogen-bond acceptors (Lipinski definition) is 3. The standard InChI is InChI=1S/C21H34O4/c1-2-3-6-9-17(22)12-13-18-16-14-20(25-15-16)19(18)10-7-4-5-8-11-21(23)24/h4,7,12-13,16-20,22H,2-3,5-6,8-11,14-15H2,1H3,(H,23,24)/b7-4-,13-12+/t16-,17-,18-,19+,20-/m1/s1. The molecule has 5 atom stereocenters. The van der Waals surface area contributed by atoms with Gasteiger partial charge in [0.2, 0.25) is 0 Å². The van der Waals surface area contributed by atoms with Crippen molar-refractivity contribution < 1.29 is 19.7 Å². The molecule has 4 nitrogen and oxygen atoms in total. The molecule has 2 bridgehead atoms. The van der Waals surface area contributed by atoms with E-state index in [4.69, 9.17) is 9.84 Å². The van der Waals surface area contributed by atoms with Crippen LogP contribution in [0.2, 0.25) is 0 Å². The average Bonchev–Trinajstić information content (AvgIpc) is 3.17. The molecule has 0 amide bonds. The molecule has 1 heterocycles. The molecule has 4 heteroatoms. The number of aliphatic hydroxyl groups is 1. The summed E-state index contributed by atoms with van der Waals surface area (Å²) in [6.07, 6.45) is 16.8. The van der Waals surface area contributed by atoms with Crippen LogP contribution in [0.4, 0.5) is 0 Å². The predicted octanol–water partition coefficient (Wildman–Crippen LogP) is 4.34. The summed E-state index contributed by atoms with van der Waals surface area (Å²) in [5.74, 6) is 0.865. The van der Waals surface area contributed by atoms with Gasteiger partial charge in [0.1, 0.15) is 0 Å². The van der Waals surface area contributed by atoms with E-state index in [0.29, 0.717) is 30.3 Å². The Balaban J connectivity index is 1.78. The van der Waals surface area contributed by atoms with Gasteiger partial charge in [0.05, 0.1) is 18.8 Å². The minimum Gasteiger partial charge on any atom is -0.481 e. The van der Waals surface area contributed by atoms with Gasteiger partial charge in [0.15, 0.2) is 0 Å². The largest absolute Gasteiger partial charge is 0.481 e. The third-order valence-electron chi connectivity index (χ3n) is 5.57. The molecule has 0 radical (unpaired) electrons. The number of carboxylic acids is 1. The summed E-state index contributed by atoms with van der Waals surface area (Å²) in [7, 11) is 0. The molecule has 0 unspecified atom stereocenters. The Hall–Kier alpha value is -1.13. The molecule has 0 aromatic rings. The highest BCUT2D eigenvalue weighted by atomic mass is 16.5. The van der Waals surface area contributed by atoms with Gasteiger partial charge in [-0.1, -0.05) is 50.5 Å². The summed E-state index contributed by atoms with van der Waals surface area (Å²) in [6, 6.07) is 0. The molecule has 2 fully saturated rings. The van der Waals surface area contributed by atoms with Gasteiger partial charge < -0.3 is 14.9 Å². The van der Waals surface area contributed by atoms with Crippen molar-refractivity contribution in [1.82, 2.24) is 0 Å². The molecule has 2 aliphatic rings. The quantitative estimate of drug-likeness (QED) is 0.406. The van der Waals surface area contributed by atoms with Gasteiger partial charge in [0.25, 0.3) is 0 Å². The van der Waals surface area contributed by atoms with Gasteiger partial charge in [0, 0.05) is 6.42 Å². The van der Waals surface area contributed by atoms with E-state index in [0.717, 1.165) is 38.7 Å². The summed E-state index contributed by atoms with van der Waals surface area (Å²) in [4.78, 5) is 10.5. The molecule has 2 rings (SSSR count). The highest BCUT2D eigenvalue weighted by molar-refractivity contribution is 5.66. The zero-order chi connectivity index (χ0) is 18.1. The van der Waals surface area contributed by atoms with Crippen LogP contribution < -0.4 is 0 Å². The second-order valence-corrected chi connectivity index (χ2v) is 7.55. The molecule has 1 aliphatic heterocycles. The zero-order valence-electron chi connectivity index (χ0n) is 15.5. The van der Waals surface area contributed by atoms with E-state index in [-0.39, 0.29) is 12.5 Å².